The minimum Gasteiger partial charge on any atom is -0.459 e. The van der Waals surface area contributed by atoms with Gasteiger partial charge in [-0.2, -0.15) is 5.26 Å². The van der Waals surface area contributed by atoms with E-state index in [4.69, 9.17) is 16.3 Å². The third kappa shape index (κ3) is 8.74. The van der Waals surface area contributed by atoms with Crippen molar-refractivity contribution in [3.05, 3.63) is 65.1 Å². The van der Waals surface area contributed by atoms with E-state index in [1.807, 2.05) is 51.1 Å². The number of nitrogens with one attached hydrogen (secondary N) is 1. The molecule has 3 aromatic rings. The van der Waals surface area contributed by atoms with Gasteiger partial charge in [-0.1, -0.05) is 11.6 Å². The minimum atomic E-state index is -0.462. The van der Waals surface area contributed by atoms with E-state index in [1.54, 1.807) is 18.5 Å². The first-order valence-electron chi connectivity index (χ1n) is 13.4. The maximum absolute atomic E-state index is 12.3. The number of pyridine rings is 1. The Hall–Kier alpha value is -3.54. The van der Waals surface area contributed by atoms with E-state index >= 15 is 0 Å². The van der Waals surface area contributed by atoms with Crippen LogP contribution in [-0.2, 0) is 16.0 Å². The standard InChI is InChI=1S/C30H35ClN6O2/c1-30(2,3)39-28(38)20-37-15-4-5-21(13-16-37)6-7-22-17-25(10-8-23(22)18-32)35-29-33-14-12-26(36-29)24-9-11-27(31)34-19-24/h8-12,14,17,19,21H,4-7,13,15-16,20H2,1-3H3,(H,33,35,36). The number of aryl methyl sites for hydroxylation is 1. The number of nitrogens with zero attached hydrogens (tertiary/aromatic N) is 5. The molecule has 8 nitrogen and oxygen atoms in total. The predicted octanol–water partition coefficient (Wildman–Crippen LogP) is 6.18. The highest BCUT2D eigenvalue weighted by Gasteiger charge is 2.22. The van der Waals surface area contributed by atoms with Gasteiger partial charge in [-0.25, -0.2) is 15.0 Å². The first-order valence-corrected chi connectivity index (χ1v) is 13.8. The van der Waals surface area contributed by atoms with E-state index in [-0.39, 0.29) is 5.97 Å². The minimum absolute atomic E-state index is 0.164. The third-order valence-corrected chi connectivity index (χ3v) is 6.92. The van der Waals surface area contributed by atoms with Gasteiger partial charge < -0.3 is 10.1 Å². The summed E-state index contributed by atoms with van der Waals surface area (Å²) in [6.45, 7) is 7.82. The molecular weight excluding hydrogens is 512 g/mol. The summed E-state index contributed by atoms with van der Waals surface area (Å²) in [6.07, 6.45) is 8.38. The Bertz CT molecular complexity index is 1320. The zero-order chi connectivity index (χ0) is 27.8. The van der Waals surface area contributed by atoms with Gasteiger partial charge in [0.05, 0.1) is 23.9 Å². The van der Waals surface area contributed by atoms with Crippen LogP contribution in [0.4, 0.5) is 11.6 Å². The van der Waals surface area contributed by atoms with Crippen LogP contribution in [0.25, 0.3) is 11.3 Å². The van der Waals surface area contributed by atoms with Gasteiger partial charge in [0.2, 0.25) is 5.95 Å². The number of carbonyl (C=O) groups excluding carboxylic acids is 1. The molecule has 0 aliphatic carbocycles. The molecular formula is C30H35ClN6O2. The summed E-state index contributed by atoms with van der Waals surface area (Å²) in [6, 6.07) is 13.5. The first-order chi connectivity index (χ1) is 18.7. The molecule has 4 rings (SSSR count). The molecule has 0 bridgehead atoms. The van der Waals surface area contributed by atoms with Crippen LogP contribution < -0.4 is 5.32 Å². The van der Waals surface area contributed by atoms with Gasteiger partial charge in [0, 0.05) is 23.6 Å². The topological polar surface area (TPSA) is 104 Å². The number of aromatic nitrogens is 3. The molecule has 0 saturated carbocycles. The number of rotatable bonds is 8. The molecule has 0 amide bonds. The van der Waals surface area contributed by atoms with Crippen molar-refractivity contribution in [2.45, 2.75) is 58.5 Å². The van der Waals surface area contributed by atoms with Crippen molar-refractivity contribution in [1.82, 2.24) is 19.9 Å². The summed E-state index contributed by atoms with van der Waals surface area (Å²) in [4.78, 5) is 27.5. The van der Waals surface area contributed by atoms with E-state index in [2.05, 4.69) is 31.2 Å². The van der Waals surface area contributed by atoms with Gasteiger partial charge in [0.25, 0.3) is 0 Å². The molecule has 39 heavy (non-hydrogen) atoms. The van der Waals surface area contributed by atoms with Crippen LogP contribution in [-0.4, -0.2) is 51.1 Å². The summed E-state index contributed by atoms with van der Waals surface area (Å²) in [5.74, 6) is 0.847. The van der Waals surface area contributed by atoms with Crippen LogP contribution in [0.1, 0.15) is 57.6 Å². The Kier molecular flexibility index (Phi) is 9.50. The molecule has 1 aromatic carbocycles. The van der Waals surface area contributed by atoms with E-state index in [0.717, 1.165) is 67.7 Å². The molecule has 1 aliphatic rings. The Labute approximate surface area is 235 Å². The van der Waals surface area contributed by atoms with Gasteiger partial charge in [-0.05, 0) is 114 Å². The Morgan fingerprint density at radius 1 is 1.18 bits per heavy atom. The van der Waals surface area contributed by atoms with Gasteiger partial charge in [0.15, 0.2) is 0 Å². The molecule has 1 atom stereocenters. The van der Waals surface area contributed by atoms with Crippen molar-refractivity contribution in [3.8, 4) is 17.3 Å². The van der Waals surface area contributed by atoms with E-state index in [1.165, 1.54) is 0 Å². The molecule has 9 heteroatoms. The number of nitriles is 1. The SMILES string of the molecule is CC(C)(C)OC(=O)CN1CCCC(CCc2cc(Nc3nccc(-c4ccc(Cl)nc4)n3)ccc2C#N)CC1. The number of likely N-dealkylation sites (tertiary alicyclic amines) is 1. The third-order valence-electron chi connectivity index (χ3n) is 6.70. The Balaban J connectivity index is 1.36. The second kappa shape index (κ2) is 13.0. The van der Waals surface area contributed by atoms with Crippen LogP contribution in [0.15, 0.2) is 48.8 Å². The number of ether oxygens (including phenoxy) is 1. The molecule has 2 aromatic heterocycles. The van der Waals surface area contributed by atoms with Crippen LogP contribution in [0.5, 0.6) is 0 Å². The van der Waals surface area contributed by atoms with E-state index < -0.39 is 5.60 Å². The number of benzene rings is 1. The largest absolute Gasteiger partial charge is 0.459 e. The second-order valence-electron chi connectivity index (χ2n) is 10.9. The number of esters is 1. The highest BCUT2D eigenvalue weighted by molar-refractivity contribution is 6.29. The quantitative estimate of drug-likeness (QED) is 0.264. The smallest absolute Gasteiger partial charge is 0.320 e. The van der Waals surface area contributed by atoms with Gasteiger partial charge in [0.1, 0.15) is 10.8 Å². The lowest BCUT2D eigenvalue weighted by atomic mass is 9.91. The Morgan fingerprint density at radius 2 is 2.03 bits per heavy atom. The average Bonchev–Trinajstić information content (AvgIpc) is 3.12. The molecule has 1 unspecified atom stereocenters. The molecule has 3 heterocycles. The van der Waals surface area contributed by atoms with Gasteiger partial charge in [-0.3, -0.25) is 9.69 Å². The van der Waals surface area contributed by atoms with Crippen LogP contribution in [0.2, 0.25) is 5.15 Å². The molecule has 1 fully saturated rings. The lowest BCUT2D eigenvalue weighted by Gasteiger charge is -2.24. The fourth-order valence-electron chi connectivity index (χ4n) is 4.81. The molecule has 1 saturated heterocycles. The second-order valence-corrected chi connectivity index (χ2v) is 11.3. The van der Waals surface area contributed by atoms with Gasteiger partial charge in [-0.15, -0.1) is 0 Å². The summed E-state index contributed by atoms with van der Waals surface area (Å²) in [7, 11) is 0. The molecule has 204 valence electrons. The highest BCUT2D eigenvalue weighted by atomic mass is 35.5. The number of hydrogen-bond donors (Lipinski definition) is 1. The number of hydrogen-bond acceptors (Lipinski definition) is 8. The molecule has 0 spiro atoms. The fraction of sp³-hybridized carbons (Fsp3) is 0.433. The zero-order valence-electron chi connectivity index (χ0n) is 22.8. The van der Waals surface area contributed by atoms with Crippen molar-refractivity contribution < 1.29 is 9.53 Å². The molecule has 1 aliphatic heterocycles. The predicted molar refractivity (Wildman–Crippen MR) is 153 cm³/mol. The number of anilines is 2. The summed E-state index contributed by atoms with van der Waals surface area (Å²) >= 11 is 5.91. The van der Waals surface area contributed by atoms with E-state index in [9.17, 15) is 10.1 Å². The maximum Gasteiger partial charge on any atom is 0.320 e. The van der Waals surface area contributed by atoms with E-state index in [0.29, 0.717) is 29.1 Å². The fourth-order valence-corrected chi connectivity index (χ4v) is 4.92. The summed E-state index contributed by atoms with van der Waals surface area (Å²) in [5, 5.41) is 13.4. The first kappa shape index (κ1) is 28.5. The number of carbonyl (C=O) groups is 1. The average molecular weight is 547 g/mol. The lowest BCUT2D eigenvalue weighted by Crippen LogP contribution is -2.35. The Morgan fingerprint density at radius 3 is 2.77 bits per heavy atom. The van der Waals surface area contributed by atoms with Crippen molar-refractivity contribution in [2.75, 3.05) is 25.0 Å². The number of halogens is 1. The normalized spacial score (nSPS) is 16.2. The van der Waals surface area contributed by atoms with Crippen molar-refractivity contribution in [3.63, 3.8) is 0 Å². The maximum atomic E-state index is 12.3. The van der Waals surface area contributed by atoms with Gasteiger partial charge >= 0.3 is 5.97 Å². The van der Waals surface area contributed by atoms with Crippen LogP contribution >= 0.6 is 11.6 Å². The molecule has 1 N–H and O–H groups in total. The highest BCUT2D eigenvalue weighted by Crippen LogP contribution is 2.26. The summed E-state index contributed by atoms with van der Waals surface area (Å²) in [5.41, 5.74) is 3.65. The van der Waals surface area contributed by atoms with Crippen molar-refractivity contribution in [2.24, 2.45) is 5.92 Å². The zero-order valence-corrected chi connectivity index (χ0v) is 23.5. The van der Waals surface area contributed by atoms with Crippen molar-refractivity contribution in [1.29, 1.82) is 5.26 Å². The van der Waals surface area contributed by atoms with Crippen LogP contribution in [0.3, 0.4) is 0 Å². The lowest BCUT2D eigenvalue weighted by molar-refractivity contribution is -0.156. The van der Waals surface area contributed by atoms with Crippen molar-refractivity contribution >= 4 is 29.2 Å². The monoisotopic (exact) mass is 546 g/mol. The van der Waals surface area contributed by atoms with Crippen LogP contribution in [0, 0.1) is 17.2 Å². The molecule has 0 radical (unpaired) electrons. The summed E-state index contributed by atoms with van der Waals surface area (Å²) < 4.78 is 5.49.